The lowest BCUT2D eigenvalue weighted by Crippen LogP contribution is -2.28. The summed E-state index contributed by atoms with van der Waals surface area (Å²) in [7, 11) is 4.54. The molecular weight excluding hydrogens is 381 g/mol. The van der Waals surface area contributed by atoms with Crippen LogP contribution in [0.3, 0.4) is 0 Å². The molecule has 0 atom stereocenters. The van der Waals surface area contributed by atoms with E-state index in [2.05, 4.69) is 5.32 Å². The molecule has 29 heavy (non-hydrogen) atoms. The highest BCUT2D eigenvalue weighted by Gasteiger charge is 2.14. The lowest BCUT2D eigenvalue weighted by Gasteiger charge is -2.14. The van der Waals surface area contributed by atoms with Gasteiger partial charge in [0.1, 0.15) is 5.82 Å². The Labute approximate surface area is 168 Å². The summed E-state index contributed by atoms with van der Waals surface area (Å²) < 4.78 is 33.7. The molecule has 0 unspecified atom stereocenters. The highest BCUT2D eigenvalue weighted by Crippen LogP contribution is 2.38. The number of halogens is 1. The Morgan fingerprint density at radius 2 is 1.55 bits per heavy atom. The molecule has 156 valence electrons. The monoisotopic (exact) mass is 405 g/mol. The molecule has 2 aromatic carbocycles. The zero-order valence-electron chi connectivity index (χ0n) is 16.6. The molecule has 0 aliphatic rings. The Balaban J connectivity index is 1.79. The Bertz CT molecular complexity index is 813. The summed E-state index contributed by atoms with van der Waals surface area (Å²) >= 11 is 0. The molecule has 8 heteroatoms. The standard InChI is InChI=1S/C21H24FNO6/c1-26-17-10-15(11-18(27-2)21(17)28-3)6-9-20(25)29-13-19(24)23-12-14-4-7-16(22)8-5-14/h4-5,7-8,10-11H,6,9,12-13H2,1-3H3,(H,23,24). The molecule has 2 aromatic rings. The normalized spacial score (nSPS) is 10.2. The molecule has 0 aromatic heterocycles. The highest BCUT2D eigenvalue weighted by molar-refractivity contribution is 5.80. The van der Waals surface area contributed by atoms with E-state index < -0.39 is 11.9 Å². The predicted molar refractivity (Wildman–Crippen MR) is 104 cm³/mol. The summed E-state index contributed by atoms with van der Waals surface area (Å²) in [5.41, 5.74) is 1.55. The minimum Gasteiger partial charge on any atom is -0.493 e. The van der Waals surface area contributed by atoms with Crippen LogP contribution in [-0.4, -0.2) is 39.8 Å². The summed E-state index contributed by atoms with van der Waals surface area (Å²) in [6.45, 7) is -0.155. The fraction of sp³-hybridized carbons (Fsp3) is 0.333. The van der Waals surface area contributed by atoms with E-state index in [4.69, 9.17) is 18.9 Å². The highest BCUT2D eigenvalue weighted by atomic mass is 19.1. The maximum atomic E-state index is 12.8. The van der Waals surface area contributed by atoms with Crippen molar-refractivity contribution < 1.29 is 32.9 Å². The molecule has 0 fully saturated rings. The SMILES string of the molecule is COc1cc(CCC(=O)OCC(=O)NCc2ccc(F)cc2)cc(OC)c1OC. The minimum atomic E-state index is -0.504. The third kappa shape index (κ3) is 6.67. The van der Waals surface area contributed by atoms with E-state index in [-0.39, 0.29) is 25.4 Å². The van der Waals surface area contributed by atoms with Crippen molar-refractivity contribution in [2.24, 2.45) is 0 Å². The number of ether oxygens (including phenoxy) is 4. The maximum Gasteiger partial charge on any atom is 0.306 e. The van der Waals surface area contributed by atoms with Gasteiger partial charge in [-0.25, -0.2) is 4.39 Å². The van der Waals surface area contributed by atoms with E-state index in [1.54, 1.807) is 24.3 Å². The van der Waals surface area contributed by atoms with Crippen molar-refractivity contribution in [3.63, 3.8) is 0 Å². The molecule has 0 aliphatic carbocycles. The maximum absolute atomic E-state index is 12.8. The first-order chi connectivity index (χ1) is 14.0. The van der Waals surface area contributed by atoms with Crippen LogP contribution in [0.4, 0.5) is 4.39 Å². The number of amides is 1. The van der Waals surface area contributed by atoms with Gasteiger partial charge in [-0.1, -0.05) is 12.1 Å². The van der Waals surface area contributed by atoms with E-state index in [1.165, 1.54) is 33.5 Å². The first-order valence-electron chi connectivity index (χ1n) is 8.92. The second kappa shape index (κ2) is 10.9. The molecule has 0 heterocycles. The van der Waals surface area contributed by atoms with Gasteiger partial charge in [0.2, 0.25) is 5.75 Å². The number of esters is 1. The first-order valence-corrected chi connectivity index (χ1v) is 8.92. The van der Waals surface area contributed by atoms with Crippen LogP contribution in [0.15, 0.2) is 36.4 Å². The number of aryl methyl sites for hydroxylation is 1. The Hall–Kier alpha value is -3.29. The molecule has 0 spiro atoms. The quantitative estimate of drug-likeness (QED) is 0.612. The van der Waals surface area contributed by atoms with Crippen LogP contribution in [0.5, 0.6) is 17.2 Å². The molecule has 1 amide bonds. The summed E-state index contributed by atoms with van der Waals surface area (Å²) in [5.74, 6) is 0.178. The average Bonchev–Trinajstić information content (AvgIpc) is 2.74. The molecule has 0 radical (unpaired) electrons. The number of rotatable bonds is 10. The number of methoxy groups -OCH3 is 3. The molecule has 0 bridgehead atoms. The van der Waals surface area contributed by atoms with Crippen LogP contribution in [-0.2, 0) is 27.3 Å². The van der Waals surface area contributed by atoms with Crippen molar-refractivity contribution in [3.05, 3.63) is 53.3 Å². The molecular formula is C21H24FNO6. The fourth-order valence-corrected chi connectivity index (χ4v) is 2.60. The Morgan fingerprint density at radius 3 is 2.10 bits per heavy atom. The van der Waals surface area contributed by atoms with Crippen LogP contribution in [0.25, 0.3) is 0 Å². The Kier molecular flexibility index (Phi) is 8.27. The van der Waals surface area contributed by atoms with E-state index in [1.807, 2.05) is 0 Å². The van der Waals surface area contributed by atoms with E-state index in [9.17, 15) is 14.0 Å². The summed E-state index contributed by atoms with van der Waals surface area (Å²) in [5, 5.41) is 2.60. The molecule has 7 nitrogen and oxygen atoms in total. The van der Waals surface area contributed by atoms with Gasteiger partial charge < -0.3 is 24.3 Å². The van der Waals surface area contributed by atoms with Crippen LogP contribution < -0.4 is 19.5 Å². The average molecular weight is 405 g/mol. The van der Waals surface area contributed by atoms with Gasteiger partial charge in [0.25, 0.3) is 5.91 Å². The van der Waals surface area contributed by atoms with Crippen LogP contribution in [0.2, 0.25) is 0 Å². The van der Waals surface area contributed by atoms with Gasteiger partial charge in [-0.15, -0.1) is 0 Å². The summed E-state index contributed by atoms with van der Waals surface area (Å²) in [6, 6.07) is 9.27. The van der Waals surface area contributed by atoms with Gasteiger partial charge in [0, 0.05) is 13.0 Å². The smallest absolute Gasteiger partial charge is 0.306 e. The number of benzene rings is 2. The zero-order valence-corrected chi connectivity index (χ0v) is 16.6. The summed E-state index contributed by atoms with van der Waals surface area (Å²) in [6.07, 6.45) is 0.469. The number of hydrogen-bond donors (Lipinski definition) is 1. The number of hydrogen-bond acceptors (Lipinski definition) is 6. The minimum absolute atomic E-state index is 0.0872. The van der Waals surface area contributed by atoms with E-state index >= 15 is 0 Å². The Morgan fingerprint density at radius 1 is 0.931 bits per heavy atom. The lowest BCUT2D eigenvalue weighted by atomic mass is 10.1. The lowest BCUT2D eigenvalue weighted by molar-refractivity contribution is -0.148. The van der Waals surface area contributed by atoms with E-state index in [0.717, 1.165) is 11.1 Å². The van der Waals surface area contributed by atoms with Crippen molar-refractivity contribution in [3.8, 4) is 17.2 Å². The van der Waals surface area contributed by atoms with Gasteiger partial charge in [-0.05, 0) is 41.8 Å². The first kappa shape index (κ1) is 22.0. The summed E-state index contributed by atoms with van der Waals surface area (Å²) in [4.78, 5) is 23.7. The predicted octanol–water partition coefficient (Wildman–Crippen LogP) is 2.64. The number of carbonyl (C=O) groups is 2. The van der Waals surface area contributed by atoms with Crippen molar-refractivity contribution >= 4 is 11.9 Å². The van der Waals surface area contributed by atoms with E-state index in [0.29, 0.717) is 23.7 Å². The molecule has 2 rings (SSSR count). The second-order valence-electron chi connectivity index (χ2n) is 6.10. The largest absolute Gasteiger partial charge is 0.493 e. The molecule has 0 saturated heterocycles. The second-order valence-corrected chi connectivity index (χ2v) is 6.10. The van der Waals surface area contributed by atoms with Crippen molar-refractivity contribution in [2.75, 3.05) is 27.9 Å². The fourth-order valence-electron chi connectivity index (χ4n) is 2.60. The van der Waals surface area contributed by atoms with Gasteiger partial charge in [-0.2, -0.15) is 0 Å². The van der Waals surface area contributed by atoms with Gasteiger partial charge >= 0.3 is 5.97 Å². The molecule has 0 aliphatic heterocycles. The van der Waals surface area contributed by atoms with Gasteiger partial charge in [-0.3, -0.25) is 9.59 Å². The van der Waals surface area contributed by atoms with Crippen molar-refractivity contribution in [1.29, 1.82) is 0 Å². The van der Waals surface area contributed by atoms with Gasteiger partial charge in [0.05, 0.1) is 21.3 Å². The number of nitrogens with one attached hydrogen (secondary N) is 1. The third-order valence-electron chi connectivity index (χ3n) is 4.11. The zero-order chi connectivity index (χ0) is 21.2. The third-order valence-corrected chi connectivity index (χ3v) is 4.11. The van der Waals surface area contributed by atoms with Crippen molar-refractivity contribution in [1.82, 2.24) is 5.32 Å². The molecule has 1 N–H and O–H groups in total. The van der Waals surface area contributed by atoms with Crippen LogP contribution in [0.1, 0.15) is 17.5 Å². The number of carbonyl (C=O) groups excluding carboxylic acids is 2. The van der Waals surface area contributed by atoms with Crippen LogP contribution >= 0.6 is 0 Å². The van der Waals surface area contributed by atoms with Gasteiger partial charge in [0.15, 0.2) is 18.1 Å². The van der Waals surface area contributed by atoms with Crippen LogP contribution in [0, 0.1) is 5.82 Å². The van der Waals surface area contributed by atoms with Crippen molar-refractivity contribution in [2.45, 2.75) is 19.4 Å². The topological polar surface area (TPSA) is 83.1 Å². The molecule has 0 saturated carbocycles.